The van der Waals surface area contributed by atoms with Crippen LogP contribution in [0.3, 0.4) is 0 Å². The van der Waals surface area contributed by atoms with E-state index in [4.69, 9.17) is 5.26 Å². The zero-order valence-corrected chi connectivity index (χ0v) is 4.93. The van der Waals surface area contributed by atoms with Gasteiger partial charge in [0.25, 0.3) is 0 Å². The molecule has 0 aromatic carbocycles. The monoisotopic (exact) mass is 110 g/mol. The van der Waals surface area contributed by atoms with Crippen LogP contribution in [0.2, 0.25) is 0 Å². The highest BCUT2D eigenvalue weighted by atomic mass is 28.2. The van der Waals surface area contributed by atoms with E-state index < -0.39 is 0 Å². The van der Waals surface area contributed by atoms with E-state index >= 15 is 0 Å². The second-order valence-electron chi connectivity index (χ2n) is 1.03. The molecule has 0 aromatic heterocycles. The Bertz CT molecular complexity index is 113. The first-order valence-electron chi connectivity index (χ1n) is 1.70. The topological polar surface area (TPSA) is 33.0 Å². The van der Waals surface area contributed by atoms with Crippen LogP contribution < -0.4 is 0 Å². The molecule has 0 N–H and O–H groups in total. The van der Waals surface area contributed by atoms with Gasteiger partial charge >= 0.3 is 10.5 Å². The fourth-order valence-corrected chi connectivity index (χ4v) is 0.292. The molecule has 3 radical (unpaired) electrons. The molecule has 0 aliphatic heterocycles. The van der Waals surface area contributed by atoms with Crippen LogP contribution >= 0.6 is 0 Å². The summed E-state index contributed by atoms with van der Waals surface area (Å²) in [4.78, 5) is 0. The molecule has 7 heavy (non-hydrogen) atoms. The Morgan fingerprint density at radius 3 is 2.71 bits per heavy atom. The van der Waals surface area contributed by atoms with Crippen molar-refractivity contribution in [3.8, 4) is 6.07 Å². The standard InChI is InChI=1S/C4H4NOSi/c1-4(2-5)3-6-7/h3H,1H3/b4-3-. The molecule has 0 rings (SSSR count). The molecule has 0 saturated heterocycles. The summed E-state index contributed by atoms with van der Waals surface area (Å²) in [6.45, 7) is 1.65. The summed E-state index contributed by atoms with van der Waals surface area (Å²) in [6.07, 6.45) is 1.32. The largest absolute Gasteiger partial charge is 0.545 e. The van der Waals surface area contributed by atoms with Gasteiger partial charge in [-0.05, 0) is 6.92 Å². The van der Waals surface area contributed by atoms with Crippen LogP contribution in [0.15, 0.2) is 11.8 Å². The number of nitrogens with zero attached hydrogens (tertiary/aromatic N) is 1. The van der Waals surface area contributed by atoms with Crippen molar-refractivity contribution in [2.45, 2.75) is 6.92 Å². The third kappa shape index (κ3) is 3.07. The summed E-state index contributed by atoms with van der Waals surface area (Å²) in [7, 11) is 2.71. The van der Waals surface area contributed by atoms with Crippen LogP contribution in [0.5, 0.6) is 0 Å². The Hall–Kier alpha value is -0.753. The summed E-state index contributed by atoms with van der Waals surface area (Å²) in [5.74, 6) is 0. The van der Waals surface area contributed by atoms with Crippen molar-refractivity contribution in [2.24, 2.45) is 0 Å². The maximum absolute atomic E-state index is 8.05. The van der Waals surface area contributed by atoms with Crippen LogP contribution in [-0.2, 0) is 4.43 Å². The lowest BCUT2D eigenvalue weighted by atomic mass is 10.4. The molecule has 0 amide bonds. The van der Waals surface area contributed by atoms with Crippen LogP contribution in [0.4, 0.5) is 0 Å². The SMILES string of the molecule is C/C(C#N)=C/O[Si]. The van der Waals surface area contributed by atoms with Crippen LogP contribution in [0, 0.1) is 11.3 Å². The van der Waals surface area contributed by atoms with E-state index in [-0.39, 0.29) is 0 Å². The van der Waals surface area contributed by atoms with Gasteiger partial charge in [-0.15, -0.1) is 0 Å². The van der Waals surface area contributed by atoms with Gasteiger partial charge in [-0.2, -0.15) is 5.26 Å². The molecule has 2 nitrogen and oxygen atoms in total. The summed E-state index contributed by atoms with van der Waals surface area (Å²) >= 11 is 0. The molecular formula is C4H4NOSi. The minimum absolute atomic E-state index is 0.537. The lowest BCUT2D eigenvalue weighted by Gasteiger charge is -1.82. The van der Waals surface area contributed by atoms with Crippen molar-refractivity contribution in [2.75, 3.05) is 0 Å². The molecule has 0 heterocycles. The molecule has 35 valence electrons. The van der Waals surface area contributed by atoms with Gasteiger partial charge in [-0.25, -0.2) is 0 Å². The third-order valence-electron chi connectivity index (χ3n) is 0.412. The maximum Gasteiger partial charge on any atom is 0.340 e. The predicted octanol–water partition coefficient (Wildman–Crippen LogP) is 0.514. The fraction of sp³-hybridized carbons (Fsp3) is 0.250. The summed E-state index contributed by atoms with van der Waals surface area (Å²) in [6, 6.07) is 1.87. The Kier molecular flexibility index (Phi) is 3.07. The van der Waals surface area contributed by atoms with E-state index in [1.165, 1.54) is 6.26 Å². The first kappa shape index (κ1) is 6.25. The molecule has 0 saturated carbocycles. The maximum atomic E-state index is 8.05. The van der Waals surface area contributed by atoms with E-state index in [0.717, 1.165) is 0 Å². The van der Waals surface area contributed by atoms with Gasteiger partial charge in [0.15, 0.2) is 0 Å². The summed E-state index contributed by atoms with van der Waals surface area (Å²) < 4.78 is 4.32. The van der Waals surface area contributed by atoms with E-state index in [9.17, 15) is 0 Å². The number of allylic oxidation sites excluding steroid dienone is 1. The molecule has 0 fully saturated rings. The first-order chi connectivity index (χ1) is 3.31. The highest BCUT2D eigenvalue weighted by molar-refractivity contribution is 5.98. The zero-order valence-electron chi connectivity index (χ0n) is 3.93. The Morgan fingerprint density at radius 2 is 2.57 bits per heavy atom. The minimum atomic E-state index is 0.537. The molecule has 3 heteroatoms. The van der Waals surface area contributed by atoms with Gasteiger partial charge in [0, 0.05) is 0 Å². The third-order valence-corrected chi connectivity index (χ3v) is 0.530. The van der Waals surface area contributed by atoms with Gasteiger partial charge in [-0.3, -0.25) is 0 Å². The molecular weight excluding hydrogens is 106 g/mol. The van der Waals surface area contributed by atoms with Crippen molar-refractivity contribution in [1.29, 1.82) is 5.26 Å². The lowest BCUT2D eigenvalue weighted by molar-refractivity contribution is 0.530. The molecule has 0 spiro atoms. The molecule has 0 aliphatic rings. The minimum Gasteiger partial charge on any atom is -0.545 e. The normalized spacial score (nSPS) is 10.1. The fourth-order valence-electron chi connectivity index (χ4n) is 0.115. The zero-order chi connectivity index (χ0) is 5.70. The van der Waals surface area contributed by atoms with Crippen molar-refractivity contribution in [1.82, 2.24) is 0 Å². The lowest BCUT2D eigenvalue weighted by Crippen LogP contribution is -1.71. The highest BCUT2D eigenvalue weighted by Crippen LogP contribution is 1.85. The van der Waals surface area contributed by atoms with E-state index in [2.05, 4.69) is 14.9 Å². The molecule has 0 bridgehead atoms. The first-order valence-corrected chi connectivity index (χ1v) is 2.11. The summed E-state index contributed by atoms with van der Waals surface area (Å²) in [5, 5.41) is 8.05. The number of rotatable bonds is 1. The number of nitriles is 1. The molecule has 0 aromatic rings. The second kappa shape index (κ2) is 3.44. The van der Waals surface area contributed by atoms with Crippen LogP contribution in [0.1, 0.15) is 6.92 Å². The highest BCUT2D eigenvalue weighted by Gasteiger charge is 1.76. The predicted molar refractivity (Wildman–Crippen MR) is 26.2 cm³/mol. The van der Waals surface area contributed by atoms with Gasteiger partial charge in [-0.1, -0.05) is 0 Å². The quantitative estimate of drug-likeness (QED) is 0.280. The van der Waals surface area contributed by atoms with Crippen LogP contribution in [-0.4, -0.2) is 10.5 Å². The van der Waals surface area contributed by atoms with Crippen LogP contribution in [0.25, 0.3) is 0 Å². The Balaban J connectivity index is 3.57. The van der Waals surface area contributed by atoms with Crippen molar-refractivity contribution >= 4 is 10.5 Å². The average molecular weight is 110 g/mol. The van der Waals surface area contributed by atoms with Crippen molar-refractivity contribution < 1.29 is 4.43 Å². The van der Waals surface area contributed by atoms with E-state index in [1.54, 1.807) is 6.92 Å². The van der Waals surface area contributed by atoms with Gasteiger partial charge in [0.1, 0.15) is 0 Å². The number of hydrogen-bond donors (Lipinski definition) is 0. The van der Waals surface area contributed by atoms with E-state index in [1.807, 2.05) is 6.07 Å². The van der Waals surface area contributed by atoms with Gasteiger partial charge < -0.3 is 4.43 Å². The molecule has 0 atom stereocenters. The van der Waals surface area contributed by atoms with Gasteiger partial charge in [0.05, 0.1) is 17.9 Å². The van der Waals surface area contributed by atoms with Crippen molar-refractivity contribution in [3.05, 3.63) is 11.8 Å². The Labute approximate surface area is 45.9 Å². The molecule has 0 aliphatic carbocycles. The van der Waals surface area contributed by atoms with Crippen molar-refractivity contribution in [3.63, 3.8) is 0 Å². The smallest absolute Gasteiger partial charge is 0.340 e. The second-order valence-corrected chi connectivity index (χ2v) is 1.27. The average Bonchev–Trinajstić information content (AvgIpc) is 1.68. The Morgan fingerprint density at radius 1 is 2.00 bits per heavy atom. The van der Waals surface area contributed by atoms with Gasteiger partial charge in [0.2, 0.25) is 0 Å². The number of hydrogen-bond acceptors (Lipinski definition) is 2. The molecule has 0 unspecified atom stereocenters. The van der Waals surface area contributed by atoms with E-state index in [0.29, 0.717) is 5.57 Å². The summed E-state index contributed by atoms with van der Waals surface area (Å²) in [5.41, 5.74) is 0.537.